The Morgan fingerprint density at radius 2 is 2.33 bits per heavy atom. The van der Waals surface area contributed by atoms with Crippen molar-refractivity contribution >= 4 is 22.9 Å². The number of fused-ring (bicyclic) bond motifs is 1. The Morgan fingerprint density at radius 1 is 1.57 bits per heavy atom. The number of aromatic amines is 1. The van der Waals surface area contributed by atoms with E-state index in [-0.39, 0.29) is 43.3 Å². The molecule has 0 spiro atoms. The van der Waals surface area contributed by atoms with Gasteiger partial charge in [0.05, 0.1) is 26.1 Å². The van der Waals surface area contributed by atoms with E-state index in [1.807, 2.05) is 0 Å². The van der Waals surface area contributed by atoms with Crippen LogP contribution in [-0.4, -0.2) is 55.0 Å². The van der Waals surface area contributed by atoms with E-state index >= 15 is 0 Å². The van der Waals surface area contributed by atoms with Crippen LogP contribution in [0.5, 0.6) is 0 Å². The second-order valence-electron chi connectivity index (χ2n) is 4.19. The molecule has 0 aromatic carbocycles. The smallest absolute Gasteiger partial charge is 0.281 e. The fourth-order valence-corrected chi connectivity index (χ4v) is 1.74. The molecule has 1 atom stereocenters. The van der Waals surface area contributed by atoms with Gasteiger partial charge in [-0.2, -0.15) is 4.98 Å². The monoisotopic (exact) mass is 297 g/mol. The highest BCUT2D eigenvalue weighted by Crippen LogP contribution is 2.04. The summed E-state index contributed by atoms with van der Waals surface area (Å²) in [7, 11) is 0. The standard InChI is InChI=1S/C11H15N5O5/c12-11-15-8-7(13-5-14-8)9(19)16(11)2-4-21-10(20)6(18)1-3-17/h5,10,17,20H,1-4H2,(H2,12,15)(H,13,14). The van der Waals surface area contributed by atoms with Crippen molar-refractivity contribution in [3.63, 3.8) is 0 Å². The summed E-state index contributed by atoms with van der Waals surface area (Å²) in [4.78, 5) is 33.7. The minimum absolute atomic E-state index is 0.0100. The van der Waals surface area contributed by atoms with Gasteiger partial charge in [-0.05, 0) is 0 Å². The summed E-state index contributed by atoms with van der Waals surface area (Å²) in [5, 5.41) is 17.9. The summed E-state index contributed by atoms with van der Waals surface area (Å²) in [6, 6.07) is 0. The topological polar surface area (TPSA) is 156 Å². The number of aromatic nitrogens is 4. The summed E-state index contributed by atoms with van der Waals surface area (Å²) in [6.07, 6.45) is -0.514. The van der Waals surface area contributed by atoms with E-state index < -0.39 is 17.6 Å². The third kappa shape index (κ3) is 3.24. The Kier molecular flexibility index (Phi) is 4.62. The van der Waals surface area contributed by atoms with Gasteiger partial charge in [0, 0.05) is 6.42 Å². The molecule has 0 radical (unpaired) electrons. The van der Waals surface area contributed by atoms with Crippen molar-refractivity contribution in [2.75, 3.05) is 18.9 Å². The van der Waals surface area contributed by atoms with Crippen LogP contribution in [0, 0.1) is 0 Å². The number of H-pyrrole nitrogens is 1. The number of nitrogens with two attached hydrogens (primary N) is 1. The summed E-state index contributed by atoms with van der Waals surface area (Å²) in [5.41, 5.74) is 5.65. The Balaban J connectivity index is 2.04. The lowest BCUT2D eigenvalue weighted by atomic mass is 10.3. The molecule has 0 amide bonds. The van der Waals surface area contributed by atoms with Crippen molar-refractivity contribution in [3.05, 3.63) is 16.7 Å². The average molecular weight is 297 g/mol. The fourth-order valence-electron chi connectivity index (χ4n) is 1.74. The van der Waals surface area contributed by atoms with Crippen LogP contribution in [0.3, 0.4) is 0 Å². The van der Waals surface area contributed by atoms with Crippen molar-refractivity contribution in [1.82, 2.24) is 19.5 Å². The maximum absolute atomic E-state index is 12.1. The van der Waals surface area contributed by atoms with Crippen molar-refractivity contribution in [2.45, 2.75) is 19.3 Å². The lowest BCUT2D eigenvalue weighted by molar-refractivity contribution is -0.157. The minimum Gasteiger partial charge on any atom is -0.396 e. The molecular weight excluding hydrogens is 282 g/mol. The van der Waals surface area contributed by atoms with E-state index in [4.69, 9.17) is 15.6 Å². The number of anilines is 1. The molecule has 0 bridgehead atoms. The summed E-state index contributed by atoms with van der Waals surface area (Å²) < 4.78 is 6.03. The molecule has 0 fully saturated rings. The van der Waals surface area contributed by atoms with Gasteiger partial charge in [-0.1, -0.05) is 0 Å². The van der Waals surface area contributed by atoms with Gasteiger partial charge in [0.2, 0.25) is 12.2 Å². The third-order valence-corrected chi connectivity index (χ3v) is 2.80. The van der Waals surface area contributed by atoms with Gasteiger partial charge in [-0.25, -0.2) is 4.98 Å². The molecule has 0 aliphatic carbocycles. The molecule has 10 nitrogen and oxygen atoms in total. The number of carbonyl (C=O) groups excluding carboxylic acids is 1. The zero-order chi connectivity index (χ0) is 15.4. The summed E-state index contributed by atoms with van der Waals surface area (Å²) in [5.74, 6) is -0.681. The maximum atomic E-state index is 12.1. The molecule has 1 unspecified atom stereocenters. The Morgan fingerprint density at radius 3 is 3.05 bits per heavy atom. The van der Waals surface area contributed by atoms with Gasteiger partial charge in [-0.15, -0.1) is 0 Å². The van der Waals surface area contributed by atoms with Gasteiger partial charge in [-0.3, -0.25) is 14.2 Å². The number of aliphatic hydroxyl groups excluding tert-OH is 2. The van der Waals surface area contributed by atoms with E-state index in [2.05, 4.69) is 15.0 Å². The van der Waals surface area contributed by atoms with E-state index in [0.717, 1.165) is 4.57 Å². The lowest BCUT2D eigenvalue weighted by Crippen LogP contribution is -2.30. The zero-order valence-electron chi connectivity index (χ0n) is 11.0. The summed E-state index contributed by atoms with van der Waals surface area (Å²) in [6.45, 7) is -0.480. The predicted molar refractivity (Wildman–Crippen MR) is 71.2 cm³/mol. The fraction of sp³-hybridized carbons (Fsp3) is 0.455. The molecule has 21 heavy (non-hydrogen) atoms. The second-order valence-corrected chi connectivity index (χ2v) is 4.19. The lowest BCUT2D eigenvalue weighted by Gasteiger charge is -2.12. The number of nitrogens with one attached hydrogen (secondary N) is 1. The first kappa shape index (κ1) is 15.1. The third-order valence-electron chi connectivity index (χ3n) is 2.80. The number of nitrogen functional groups attached to an aromatic ring is 1. The number of hydrogen-bond donors (Lipinski definition) is 4. The molecule has 2 rings (SSSR count). The highest BCUT2D eigenvalue weighted by atomic mass is 16.6. The SMILES string of the molecule is Nc1nc2nc[nH]c2c(=O)n1CCOC(O)C(=O)CCO. The first-order valence-corrected chi connectivity index (χ1v) is 6.17. The second kappa shape index (κ2) is 6.43. The number of imidazole rings is 1. The largest absolute Gasteiger partial charge is 0.396 e. The van der Waals surface area contributed by atoms with Crippen molar-refractivity contribution in [3.8, 4) is 0 Å². The molecule has 10 heteroatoms. The van der Waals surface area contributed by atoms with Crippen LogP contribution in [0.2, 0.25) is 0 Å². The quantitative estimate of drug-likeness (QED) is 0.427. The number of Topliss-reactive ketones (excluding diaryl/α,β-unsaturated/α-hetero) is 1. The van der Waals surface area contributed by atoms with Crippen LogP contribution in [-0.2, 0) is 16.1 Å². The van der Waals surface area contributed by atoms with Crippen LogP contribution >= 0.6 is 0 Å². The van der Waals surface area contributed by atoms with Gasteiger partial charge < -0.3 is 25.7 Å². The Hall–Kier alpha value is -2.30. The van der Waals surface area contributed by atoms with Crippen molar-refractivity contribution in [2.24, 2.45) is 0 Å². The van der Waals surface area contributed by atoms with Gasteiger partial charge in [0.1, 0.15) is 0 Å². The number of carbonyl (C=O) groups is 1. The maximum Gasteiger partial charge on any atom is 0.281 e. The average Bonchev–Trinajstić information content (AvgIpc) is 2.90. The molecule has 2 aromatic heterocycles. The van der Waals surface area contributed by atoms with Gasteiger partial charge in [0.15, 0.2) is 16.9 Å². The zero-order valence-corrected chi connectivity index (χ0v) is 11.0. The van der Waals surface area contributed by atoms with Crippen molar-refractivity contribution in [1.29, 1.82) is 0 Å². The van der Waals surface area contributed by atoms with Crippen LogP contribution in [0.1, 0.15) is 6.42 Å². The highest BCUT2D eigenvalue weighted by Gasteiger charge is 2.15. The molecule has 114 valence electrons. The molecule has 0 saturated heterocycles. The summed E-state index contributed by atoms with van der Waals surface area (Å²) >= 11 is 0. The first-order valence-electron chi connectivity index (χ1n) is 6.17. The number of ether oxygens (including phenoxy) is 1. The van der Waals surface area contributed by atoms with E-state index in [0.29, 0.717) is 0 Å². The van der Waals surface area contributed by atoms with Crippen LogP contribution in [0.25, 0.3) is 11.2 Å². The molecule has 0 aliphatic rings. The highest BCUT2D eigenvalue weighted by molar-refractivity contribution is 5.81. The molecular formula is C11H15N5O5. The molecule has 5 N–H and O–H groups in total. The van der Waals surface area contributed by atoms with E-state index in [1.165, 1.54) is 6.33 Å². The van der Waals surface area contributed by atoms with Crippen LogP contribution < -0.4 is 11.3 Å². The number of hydrogen-bond acceptors (Lipinski definition) is 8. The Labute approximate surface area is 118 Å². The van der Waals surface area contributed by atoms with Gasteiger partial charge >= 0.3 is 0 Å². The van der Waals surface area contributed by atoms with E-state index in [1.54, 1.807) is 0 Å². The number of rotatable bonds is 7. The van der Waals surface area contributed by atoms with Gasteiger partial charge in [0.25, 0.3) is 5.56 Å². The van der Waals surface area contributed by atoms with Crippen LogP contribution in [0.15, 0.2) is 11.1 Å². The molecule has 0 saturated carbocycles. The first-order chi connectivity index (χ1) is 10.0. The number of ketones is 1. The van der Waals surface area contributed by atoms with Crippen LogP contribution in [0.4, 0.5) is 5.95 Å². The Bertz CT molecular complexity index is 694. The molecule has 2 heterocycles. The molecule has 2 aromatic rings. The molecule has 0 aliphatic heterocycles. The number of nitrogens with zero attached hydrogens (tertiary/aromatic N) is 3. The number of aliphatic hydroxyl groups is 2. The predicted octanol–water partition coefficient (Wildman–Crippen LogP) is -2.01. The van der Waals surface area contributed by atoms with E-state index in [9.17, 15) is 14.7 Å². The van der Waals surface area contributed by atoms with Crippen molar-refractivity contribution < 1.29 is 19.7 Å². The normalized spacial score (nSPS) is 12.7. The minimum atomic E-state index is -1.64.